The highest BCUT2D eigenvalue weighted by atomic mass is 32.1. The molecule has 0 bridgehead atoms. The number of carbonyl (C=O) groups excluding carboxylic acids is 1. The van der Waals surface area contributed by atoms with E-state index in [1.54, 1.807) is 0 Å². The number of aldehydes is 1. The van der Waals surface area contributed by atoms with Crippen LogP contribution in [-0.4, -0.2) is 27.3 Å². The summed E-state index contributed by atoms with van der Waals surface area (Å²) in [6.45, 7) is 1.48. The van der Waals surface area contributed by atoms with Crippen LogP contribution in [0.2, 0.25) is 0 Å². The van der Waals surface area contributed by atoms with Crippen molar-refractivity contribution in [3.05, 3.63) is 55.5 Å². The van der Waals surface area contributed by atoms with Crippen molar-refractivity contribution in [1.29, 1.82) is 0 Å². The molecule has 0 aliphatic rings. The van der Waals surface area contributed by atoms with Crippen LogP contribution in [0, 0.1) is 17.0 Å². The number of aromatic nitrogens is 1. The van der Waals surface area contributed by atoms with Crippen molar-refractivity contribution in [3.8, 4) is 0 Å². The van der Waals surface area contributed by atoms with Crippen molar-refractivity contribution in [3.63, 3.8) is 0 Å². The second-order valence-corrected chi connectivity index (χ2v) is 5.93. The Bertz CT molecular complexity index is 864. The van der Waals surface area contributed by atoms with Crippen LogP contribution in [0.25, 0.3) is 0 Å². The number of halogens is 3. The lowest BCUT2D eigenvalue weighted by atomic mass is 9.81. The maximum Gasteiger partial charge on any atom is 0.418 e. The molecule has 0 spiro atoms. The average molecular weight is 374 g/mol. The normalized spacial score (nSPS) is 13.9. The van der Waals surface area contributed by atoms with Gasteiger partial charge in [0.05, 0.1) is 10.5 Å². The predicted molar refractivity (Wildman–Crippen MR) is 79.4 cm³/mol. The van der Waals surface area contributed by atoms with Crippen molar-refractivity contribution < 1.29 is 32.8 Å². The van der Waals surface area contributed by atoms with Crippen LogP contribution in [-0.2, 0) is 21.2 Å². The topological polar surface area (TPSA) is 110 Å². The number of alkyl halides is 3. The van der Waals surface area contributed by atoms with Gasteiger partial charge in [-0.15, -0.1) is 11.3 Å². The van der Waals surface area contributed by atoms with Crippen LogP contribution in [0.15, 0.2) is 23.7 Å². The van der Waals surface area contributed by atoms with E-state index < -0.39 is 39.4 Å². The van der Waals surface area contributed by atoms with Gasteiger partial charge in [0.1, 0.15) is 12.0 Å². The lowest BCUT2D eigenvalue weighted by molar-refractivity contribution is -0.386. The Balaban J connectivity index is 2.88. The van der Waals surface area contributed by atoms with Gasteiger partial charge in [0.2, 0.25) is 5.41 Å². The number of carboxylic acid groups (broad SMARTS) is 1. The Morgan fingerprint density at radius 1 is 1.44 bits per heavy atom. The highest BCUT2D eigenvalue weighted by molar-refractivity contribution is 7.10. The van der Waals surface area contributed by atoms with E-state index >= 15 is 0 Å². The van der Waals surface area contributed by atoms with Crippen molar-refractivity contribution in [1.82, 2.24) is 4.98 Å². The molecule has 0 aliphatic carbocycles. The van der Waals surface area contributed by atoms with E-state index in [1.807, 2.05) is 0 Å². The average Bonchev–Trinajstić information content (AvgIpc) is 2.94. The van der Waals surface area contributed by atoms with Gasteiger partial charge in [-0.05, 0) is 23.9 Å². The maximum atomic E-state index is 12.8. The molecule has 2 rings (SSSR count). The molecule has 0 amide bonds. The second kappa shape index (κ2) is 6.24. The van der Waals surface area contributed by atoms with E-state index in [-0.39, 0.29) is 23.4 Å². The number of hydrogen-bond donors (Lipinski definition) is 1. The van der Waals surface area contributed by atoms with Crippen LogP contribution in [0.5, 0.6) is 0 Å². The zero-order chi connectivity index (χ0) is 19.0. The van der Waals surface area contributed by atoms with Crippen molar-refractivity contribution in [2.45, 2.75) is 18.5 Å². The van der Waals surface area contributed by atoms with Gasteiger partial charge < -0.3 is 9.90 Å². The molecule has 0 saturated carbocycles. The van der Waals surface area contributed by atoms with Crippen molar-refractivity contribution >= 4 is 29.3 Å². The number of aliphatic carboxylic acids is 1. The highest BCUT2D eigenvalue weighted by Crippen LogP contribution is 2.41. The van der Waals surface area contributed by atoms with E-state index in [1.165, 1.54) is 18.4 Å². The quantitative estimate of drug-likeness (QED) is 0.373. The number of aryl methyl sites for hydroxylation is 1. The minimum atomic E-state index is -4.91. The molecule has 2 aromatic heterocycles. The number of nitro groups is 1. The summed E-state index contributed by atoms with van der Waals surface area (Å²) in [6.07, 6.45) is -4.70. The van der Waals surface area contributed by atoms with Crippen molar-refractivity contribution in [2.24, 2.45) is 0 Å². The molecule has 1 N–H and O–H groups in total. The smallest absolute Gasteiger partial charge is 0.418 e. The minimum Gasteiger partial charge on any atom is -0.480 e. The minimum absolute atomic E-state index is 0.0588. The Labute approximate surface area is 141 Å². The zero-order valence-corrected chi connectivity index (χ0v) is 13.2. The SMILES string of the molecule is Cc1ccsc1C(C=O)(C(=O)O)c1ncc(C(F)(F)F)cc1[N+](=O)[O-]. The largest absolute Gasteiger partial charge is 0.480 e. The number of hydrogen-bond acceptors (Lipinski definition) is 6. The Morgan fingerprint density at radius 2 is 2.08 bits per heavy atom. The number of rotatable bonds is 5. The summed E-state index contributed by atoms with van der Waals surface area (Å²) < 4.78 is 38.4. The summed E-state index contributed by atoms with van der Waals surface area (Å²) in [6, 6.07) is 1.66. The Morgan fingerprint density at radius 3 is 2.48 bits per heavy atom. The van der Waals surface area contributed by atoms with Crippen LogP contribution in [0.3, 0.4) is 0 Å². The monoisotopic (exact) mass is 374 g/mol. The second-order valence-electron chi connectivity index (χ2n) is 5.01. The molecule has 132 valence electrons. The molecule has 11 heteroatoms. The molecule has 0 saturated heterocycles. The van der Waals surface area contributed by atoms with Gasteiger partial charge in [0.25, 0.3) is 5.69 Å². The van der Waals surface area contributed by atoms with Gasteiger partial charge in [-0.25, -0.2) is 0 Å². The number of carbonyl (C=O) groups is 2. The summed E-state index contributed by atoms with van der Waals surface area (Å²) in [4.78, 5) is 36.9. The predicted octanol–water partition coefficient (Wildman–Crippen LogP) is 2.95. The van der Waals surface area contributed by atoms with Gasteiger partial charge in [0.15, 0.2) is 0 Å². The van der Waals surface area contributed by atoms with Gasteiger partial charge in [-0.1, -0.05) is 0 Å². The van der Waals surface area contributed by atoms with E-state index in [0.29, 0.717) is 5.56 Å². The number of pyridine rings is 1. The van der Waals surface area contributed by atoms with Gasteiger partial charge in [-0.2, -0.15) is 13.2 Å². The number of thiophene rings is 1. The lowest BCUT2D eigenvalue weighted by Gasteiger charge is -2.22. The third kappa shape index (κ3) is 2.97. The first-order valence-corrected chi connectivity index (χ1v) is 7.40. The lowest BCUT2D eigenvalue weighted by Crippen LogP contribution is -2.40. The summed E-state index contributed by atoms with van der Waals surface area (Å²) in [5, 5.41) is 22.3. The number of carboxylic acids is 1. The van der Waals surface area contributed by atoms with Crippen LogP contribution < -0.4 is 0 Å². The molecule has 0 aliphatic heterocycles. The fraction of sp³-hybridized carbons (Fsp3) is 0.214. The first kappa shape index (κ1) is 18.5. The molecule has 0 fully saturated rings. The molecule has 25 heavy (non-hydrogen) atoms. The molecule has 0 radical (unpaired) electrons. The standard InChI is InChI=1S/C14H9F3N2O5S/c1-7-2-3-25-11(7)13(6-20,12(21)22)10-9(19(23)24)4-8(5-18-10)14(15,16)17/h2-6H,1H3,(H,21,22). The third-order valence-corrected chi connectivity index (χ3v) is 4.65. The molecule has 1 unspecified atom stereocenters. The number of nitrogens with zero attached hydrogens (tertiary/aromatic N) is 2. The molecule has 1 atom stereocenters. The highest BCUT2D eigenvalue weighted by Gasteiger charge is 2.51. The summed E-state index contributed by atoms with van der Waals surface area (Å²) in [7, 11) is 0. The molecule has 0 aromatic carbocycles. The summed E-state index contributed by atoms with van der Waals surface area (Å²) >= 11 is 0.837. The molecular formula is C14H9F3N2O5S. The van der Waals surface area contributed by atoms with Gasteiger partial charge in [0, 0.05) is 17.1 Å². The first-order valence-electron chi connectivity index (χ1n) is 6.52. The summed E-state index contributed by atoms with van der Waals surface area (Å²) in [5.41, 5.74) is -5.73. The molecular weight excluding hydrogens is 365 g/mol. The van der Waals surface area contributed by atoms with Gasteiger partial charge >= 0.3 is 12.1 Å². The fourth-order valence-corrected chi connectivity index (χ4v) is 3.37. The van der Waals surface area contributed by atoms with Crippen LogP contribution in [0.1, 0.15) is 21.7 Å². The maximum absolute atomic E-state index is 12.8. The van der Waals surface area contributed by atoms with E-state index in [2.05, 4.69) is 4.98 Å². The zero-order valence-electron chi connectivity index (χ0n) is 12.4. The van der Waals surface area contributed by atoms with E-state index in [0.717, 1.165) is 11.3 Å². The van der Waals surface area contributed by atoms with Crippen LogP contribution in [0.4, 0.5) is 18.9 Å². The van der Waals surface area contributed by atoms with Crippen LogP contribution >= 0.6 is 11.3 Å². The molecule has 2 heterocycles. The molecule has 2 aromatic rings. The Hall–Kier alpha value is -2.82. The molecule has 7 nitrogen and oxygen atoms in total. The van der Waals surface area contributed by atoms with E-state index in [4.69, 9.17) is 0 Å². The summed E-state index contributed by atoms with van der Waals surface area (Å²) in [5.74, 6) is -1.77. The van der Waals surface area contributed by atoms with Crippen molar-refractivity contribution in [2.75, 3.05) is 0 Å². The third-order valence-electron chi connectivity index (χ3n) is 3.50. The fourth-order valence-electron chi connectivity index (χ4n) is 2.29. The van der Waals surface area contributed by atoms with Gasteiger partial charge in [-0.3, -0.25) is 19.9 Å². The van der Waals surface area contributed by atoms with E-state index in [9.17, 15) is 38.0 Å². The first-order chi connectivity index (χ1) is 11.6. The Kier molecular flexibility index (Phi) is 4.62.